The number of rotatable bonds is 4. The third-order valence-corrected chi connectivity index (χ3v) is 4.41. The number of fused-ring (bicyclic) bond motifs is 1. The molecule has 0 atom stereocenters. The molecule has 0 spiro atoms. The summed E-state index contributed by atoms with van der Waals surface area (Å²) >= 11 is 6.01. The maximum absolute atomic E-state index is 9.44. The molecule has 0 aliphatic rings. The number of hydrogen-bond donors (Lipinski definition) is 1. The van der Waals surface area contributed by atoms with E-state index >= 15 is 0 Å². The number of nitriles is 1. The Morgan fingerprint density at radius 1 is 1.11 bits per heavy atom. The lowest BCUT2D eigenvalue weighted by Gasteiger charge is -2.13. The molecule has 0 aliphatic carbocycles. The Bertz CT molecular complexity index is 1200. The number of benzene rings is 2. The summed E-state index contributed by atoms with van der Waals surface area (Å²) < 4.78 is 5.34. The minimum atomic E-state index is 0.421. The van der Waals surface area contributed by atoms with Crippen molar-refractivity contribution in [3.05, 3.63) is 71.5 Å². The molecule has 2 aromatic carbocycles. The molecular weight excluding hydrogens is 374 g/mol. The van der Waals surface area contributed by atoms with E-state index in [9.17, 15) is 5.26 Å². The first kappa shape index (κ1) is 17.7. The van der Waals surface area contributed by atoms with Crippen LogP contribution in [0.25, 0.3) is 22.3 Å². The van der Waals surface area contributed by atoms with Crippen molar-refractivity contribution in [2.75, 3.05) is 12.4 Å². The number of nitrogens with one attached hydrogen (secondary N) is 1. The van der Waals surface area contributed by atoms with Gasteiger partial charge in [-0.25, -0.2) is 9.97 Å². The molecule has 1 N–H and O–H groups in total. The molecule has 0 radical (unpaired) electrons. The zero-order valence-corrected chi connectivity index (χ0v) is 15.6. The number of methoxy groups -OCH3 is 1. The van der Waals surface area contributed by atoms with Gasteiger partial charge in [-0.15, -0.1) is 0 Å². The van der Waals surface area contributed by atoms with Crippen LogP contribution in [0.3, 0.4) is 0 Å². The van der Waals surface area contributed by atoms with Gasteiger partial charge in [0.15, 0.2) is 5.82 Å². The van der Waals surface area contributed by atoms with Crippen molar-refractivity contribution in [3.8, 4) is 23.2 Å². The van der Waals surface area contributed by atoms with Gasteiger partial charge in [0.05, 0.1) is 23.9 Å². The second-order valence-corrected chi connectivity index (χ2v) is 6.38. The summed E-state index contributed by atoms with van der Waals surface area (Å²) in [4.78, 5) is 13.5. The van der Waals surface area contributed by atoms with Crippen LogP contribution in [-0.2, 0) is 0 Å². The van der Waals surface area contributed by atoms with Crippen molar-refractivity contribution >= 4 is 34.0 Å². The summed E-state index contributed by atoms with van der Waals surface area (Å²) in [7, 11) is 1.60. The van der Waals surface area contributed by atoms with Crippen molar-refractivity contribution in [3.63, 3.8) is 0 Å². The number of aromatic nitrogens is 3. The molecule has 136 valence electrons. The Morgan fingerprint density at radius 3 is 2.75 bits per heavy atom. The molecule has 4 aromatic rings. The van der Waals surface area contributed by atoms with Crippen LogP contribution < -0.4 is 10.1 Å². The van der Waals surface area contributed by atoms with Gasteiger partial charge in [-0.2, -0.15) is 5.26 Å². The van der Waals surface area contributed by atoms with Crippen LogP contribution in [0.4, 0.5) is 11.5 Å². The highest BCUT2D eigenvalue weighted by atomic mass is 35.5. The molecule has 2 aromatic heterocycles. The molecule has 0 aliphatic heterocycles. The van der Waals surface area contributed by atoms with E-state index in [1.54, 1.807) is 37.7 Å². The molecule has 0 saturated heterocycles. The molecule has 0 amide bonds. The average Bonchev–Trinajstić information content (AvgIpc) is 2.75. The zero-order chi connectivity index (χ0) is 19.5. The van der Waals surface area contributed by atoms with Crippen LogP contribution in [0.2, 0.25) is 5.02 Å². The minimum Gasteiger partial charge on any atom is -0.497 e. The monoisotopic (exact) mass is 387 g/mol. The highest BCUT2D eigenvalue weighted by Crippen LogP contribution is 2.31. The fourth-order valence-corrected chi connectivity index (χ4v) is 2.97. The van der Waals surface area contributed by atoms with Crippen LogP contribution in [0.1, 0.15) is 5.56 Å². The van der Waals surface area contributed by atoms with E-state index in [4.69, 9.17) is 16.3 Å². The van der Waals surface area contributed by atoms with Gasteiger partial charge >= 0.3 is 0 Å². The number of halogens is 1. The van der Waals surface area contributed by atoms with Gasteiger partial charge in [0, 0.05) is 28.4 Å². The quantitative estimate of drug-likeness (QED) is 0.532. The summed E-state index contributed by atoms with van der Waals surface area (Å²) in [6, 6.07) is 16.5. The van der Waals surface area contributed by atoms with Crippen molar-refractivity contribution < 1.29 is 4.74 Å². The lowest BCUT2D eigenvalue weighted by molar-refractivity contribution is 0.415. The van der Waals surface area contributed by atoms with E-state index < -0.39 is 0 Å². The predicted octanol–water partition coefficient (Wildman–Crippen LogP) is 4.97. The largest absolute Gasteiger partial charge is 0.497 e. The summed E-state index contributed by atoms with van der Waals surface area (Å²) in [6.07, 6.45) is 3.40. The predicted molar refractivity (Wildman–Crippen MR) is 109 cm³/mol. The highest BCUT2D eigenvalue weighted by Gasteiger charge is 2.13. The summed E-state index contributed by atoms with van der Waals surface area (Å²) in [5.41, 5.74) is 2.56. The topological polar surface area (TPSA) is 83.7 Å². The SMILES string of the molecule is COc1ccc2nc(-c3cccnc3)nc(Nc3ccc(Cl)cc3C#N)c2c1. The summed E-state index contributed by atoms with van der Waals surface area (Å²) in [5.74, 6) is 1.77. The van der Waals surface area contributed by atoms with E-state index in [0.717, 1.165) is 16.5 Å². The number of nitrogens with zero attached hydrogens (tertiary/aromatic N) is 4. The standard InChI is InChI=1S/C21H14ClN5O/c1-28-16-5-7-19-17(10-16)21(25-18-6-4-15(22)9-14(18)11-23)27-20(26-19)13-3-2-8-24-12-13/h2-10,12H,1H3,(H,25,26,27). The Labute approximate surface area is 166 Å². The summed E-state index contributed by atoms with van der Waals surface area (Å²) in [6.45, 7) is 0. The Morgan fingerprint density at radius 2 is 2.00 bits per heavy atom. The smallest absolute Gasteiger partial charge is 0.163 e. The number of anilines is 2. The van der Waals surface area contributed by atoms with E-state index in [0.29, 0.717) is 33.7 Å². The molecule has 0 saturated carbocycles. The van der Waals surface area contributed by atoms with Crippen molar-refractivity contribution in [1.82, 2.24) is 15.0 Å². The second kappa shape index (κ2) is 7.51. The van der Waals surface area contributed by atoms with E-state index in [1.165, 1.54) is 0 Å². The van der Waals surface area contributed by atoms with Crippen LogP contribution >= 0.6 is 11.6 Å². The fraction of sp³-hybridized carbons (Fsp3) is 0.0476. The van der Waals surface area contributed by atoms with E-state index in [2.05, 4.69) is 26.3 Å². The fourth-order valence-electron chi connectivity index (χ4n) is 2.80. The molecule has 0 bridgehead atoms. The normalized spacial score (nSPS) is 10.5. The van der Waals surface area contributed by atoms with Crippen molar-refractivity contribution in [2.45, 2.75) is 0 Å². The van der Waals surface area contributed by atoms with Crippen LogP contribution in [0, 0.1) is 11.3 Å². The first-order valence-electron chi connectivity index (χ1n) is 8.41. The van der Waals surface area contributed by atoms with Gasteiger partial charge < -0.3 is 10.1 Å². The number of ether oxygens (including phenoxy) is 1. The maximum Gasteiger partial charge on any atom is 0.163 e. The lowest BCUT2D eigenvalue weighted by Crippen LogP contribution is -2.01. The molecule has 2 heterocycles. The van der Waals surface area contributed by atoms with Gasteiger partial charge in [0.2, 0.25) is 0 Å². The average molecular weight is 388 g/mol. The molecule has 28 heavy (non-hydrogen) atoms. The van der Waals surface area contributed by atoms with Gasteiger partial charge in [-0.05, 0) is 48.5 Å². The lowest BCUT2D eigenvalue weighted by atomic mass is 10.1. The Balaban J connectivity index is 1.91. The molecule has 0 unspecified atom stereocenters. The first-order valence-corrected chi connectivity index (χ1v) is 8.78. The van der Waals surface area contributed by atoms with Crippen LogP contribution in [-0.4, -0.2) is 22.1 Å². The minimum absolute atomic E-state index is 0.421. The van der Waals surface area contributed by atoms with E-state index in [-0.39, 0.29) is 0 Å². The number of hydrogen-bond acceptors (Lipinski definition) is 6. The van der Waals surface area contributed by atoms with Crippen molar-refractivity contribution in [2.24, 2.45) is 0 Å². The third kappa shape index (κ3) is 3.43. The summed E-state index contributed by atoms with van der Waals surface area (Å²) in [5, 5.41) is 13.9. The van der Waals surface area contributed by atoms with Crippen LogP contribution in [0.5, 0.6) is 5.75 Å². The molecule has 6 nitrogen and oxygen atoms in total. The Hall–Kier alpha value is -3.69. The van der Waals surface area contributed by atoms with Crippen molar-refractivity contribution in [1.29, 1.82) is 5.26 Å². The van der Waals surface area contributed by atoms with Gasteiger partial charge in [0.1, 0.15) is 17.6 Å². The maximum atomic E-state index is 9.44. The number of pyridine rings is 1. The molecule has 4 rings (SSSR count). The van der Waals surface area contributed by atoms with Crippen LogP contribution in [0.15, 0.2) is 60.9 Å². The Kier molecular flexibility index (Phi) is 4.75. The molecule has 7 heteroatoms. The van der Waals surface area contributed by atoms with E-state index in [1.807, 2.05) is 30.3 Å². The van der Waals surface area contributed by atoms with Gasteiger partial charge in [0.25, 0.3) is 0 Å². The zero-order valence-electron chi connectivity index (χ0n) is 14.8. The first-order chi connectivity index (χ1) is 13.7. The molecular formula is C21H14ClN5O. The van der Waals surface area contributed by atoms with Gasteiger partial charge in [-0.1, -0.05) is 11.6 Å². The third-order valence-electron chi connectivity index (χ3n) is 4.18. The molecule has 0 fully saturated rings. The highest BCUT2D eigenvalue weighted by molar-refractivity contribution is 6.30. The second-order valence-electron chi connectivity index (χ2n) is 5.95. The van der Waals surface area contributed by atoms with Gasteiger partial charge in [-0.3, -0.25) is 4.98 Å².